The van der Waals surface area contributed by atoms with Crippen LogP contribution in [0.3, 0.4) is 0 Å². The van der Waals surface area contributed by atoms with Crippen molar-refractivity contribution in [1.29, 1.82) is 0 Å². The second kappa shape index (κ2) is 5.31. The fourth-order valence-corrected chi connectivity index (χ4v) is 1.12. The second-order valence-electron chi connectivity index (χ2n) is 2.82. The number of hydrazine groups is 1. The van der Waals surface area contributed by atoms with Gasteiger partial charge in [0.1, 0.15) is 6.04 Å². The molecule has 3 N–H and O–H groups in total. The summed E-state index contributed by atoms with van der Waals surface area (Å²) in [5.41, 5.74) is 3.99. The van der Waals surface area contributed by atoms with Gasteiger partial charge >= 0.3 is 5.97 Å². The summed E-state index contributed by atoms with van der Waals surface area (Å²) in [6, 6.07) is 8.04. The van der Waals surface area contributed by atoms with E-state index in [1.165, 1.54) is 0 Å². The molecule has 0 unspecified atom stereocenters. The van der Waals surface area contributed by atoms with Crippen LogP contribution in [-0.4, -0.2) is 17.1 Å². The number of nitrogens with one attached hydrogen (secondary N) is 2. The summed E-state index contributed by atoms with van der Waals surface area (Å²) in [6.45, 7) is 0. The van der Waals surface area contributed by atoms with Gasteiger partial charge in [0, 0.05) is 0 Å². The molecule has 1 atom stereocenters. The van der Waals surface area contributed by atoms with E-state index in [4.69, 9.17) is 5.11 Å². The molecule has 1 aromatic rings. The predicted molar refractivity (Wildman–Crippen MR) is 48.9 cm³/mol. The first kappa shape index (κ1) is 10.6. The third-order valence-electron chi connectivity index (χ3n) is 1.81. The van der Waals surface area contributed by atoms with E-state index in [0.717, 1.165) is 11.2 Å². The lowest BCUT2D eigenvalue weighted by Crippen LogP contribution is -2.43. The number of carboxylic acid groups (broad SMARTS) is 1. The Morgan fingerprint density at radius 1 is 1.43 bits per heavy atom. The highest BCUT2D eigenvalue weighted by Crippen LogP contribution is 2.02. The van der Waals surface area contributed by atoms with Crippen molar-refractivity contribution in [2.24, 2.45) is 0 Å². The van der Waals surface area contributed by atoms with Gasteiger partial charge < -0.3 is 5.11 Å². The number of carbonyl (C=O) groups is 1. The predicted octanol–water partition coefficient (Wildman–Crippen LogP) is 0.661. The summed E-state index contributed by atoms with van der Waals surface area (Å²) < 4.78 is 11.7. The van der Waals surface area contributed by atoms with E-state index in [2.05, 4.69) is 0 Å². The fraction of sp³-hybridized carbons (Fsp3) is 0.222. The van der Waals surface area contributed by atoms with E-state index in [1.54, 1.807) is 24.3 Å². The Hall–Kier alpha value is -1.46. The van der Waals surface area contributed by atoms with Crippen LogP contribution in [0.1, 0.15) is 5.56 Å². The molecular weight excluding hydrogens is 187 g/mol. The van der Waals surface area contributed by atoms with E-state index >= 15 is 0 Å². The molecule has 76 valence electrons. The van der Waals surface area contributed by atoms with Gasteiger partial charge in [-0.15, -0.1) is 4.48 Å². The van der Waals surface area contributed by atoms with Crippen molar-refractivity contribution in [3.8, 4) is 0 Å². The lowest BCUT2D eigenvalue weighted by Gasteiger charge is -2.11. The average molecular weight is 198 g/mol. The maximum Gasteiger partial charge on any atom is 0.322 e. The Kier molecular flexibility index (Phi) is 4.03. The molecule has 0 amide bonds. The van der Waals surface area contributed by atoms with Crippen LogP contribution in [0.4, 0.5) is 4.48 Å². The summed E-state index contributed by atoms with van der Waals surface area (Å²) in [6.07, 6.45) is 0.229. The number of hydrogen-bond acceptors (Lipinski definition) is 3. The van der Waals surface area contributed by atoms with Gasteiger partial charge in [0.05, 0.1) is 0 Å². The molecule has 0 aromatic heterocycles. The topological polar surface area (TPSA) is 61.4 Å². The highest BCUT2D eigenvalue weighted by atomic mass is 19.2. The van der Waals surface area contributed by atoms with Gasteiger partial charge in [0.15, 0.2) is 0 Å². The normalized spacial score (nSPS) is 12.4. The minimum Gasteiger partial charge on any atom is -0.480 e. The summed E-state index contributed by atoms with van der Waals surface area (Å²) in [7, 11) is 0. The Bertz CT molecular complexity index is 292. The van der Waals surface area contributed by atoms with E-state index in [9.17, 15) is 9.28 Å². The Labute approximate surface area is 80.7 Å². The standard InChI is InChI=1S/C9H11FN2O2/c10-12-11-8(9(13)14)6-7-4-2-1-3-5-7/h1-5,8,11-12H,6H2,(H,13,14)/t8-/m0/s1. The Balaban J connectivity index is 2.60. The highest BCUT2D eigenvalue weighted by Gasteiger charge is 2.16. The van der Waals surface area contributed by atoms with Crippen LogP contribution in [0.25, 0.3) is 0 Å². The number of rotatable bonds is 5. The summed E-state index contributed by atoms with van der Waals surface area (Å²) in [5.74, 6) is -1.10. The summed E-state index contributed by atoms with van der Waals surface area (Å²) >= 11 is 0. The van der Waals surface area contributed by atoms with Crippen LogP contribution in [0.15, 0.2) is 30.3 Å². The molecule has 1 aromatic carbocycles. The fourth-order valence-electron chi connectivity index (χ4n) is 1.12. The zero-order valence-electron chi connectivity index (χ0n) is 7.40. The van der Waals surface area contributed by atoms with Gasteiger partial charge in [-0.2, -0.15) is 0 Å². The summed E-state index contributed by atoms with van der Waals surface area (Å²) in [4.78, 5) is 10.6. The maximum absolute atomic E-state index is 11.7. The van der Waals surface area contributed by atoms with Gasteiger partial charge in [-0.05, 0) is 12.0 Å². The Morgan fingerprint density at radius 2 is 2.07 bits per heavy atom. The molecule has 0 saturated heterocycles. The van der Waals surface area contributed by atoms with Crippen molar-refractivity contribution in [1.82, 2.24) is 11.1 Å². The average Bonchev–Trinajstić information content (AvgIpc) is 2.18. The van der Waals surface area contributed by atoms with E-state index in [1.807, 2.05) is 11.5 Å². The van der Waals surface area contributed by atoms with Crippen molar-refractivity contribution < 1.29 is 14.4 Å². The van der Waals surface area contributed by atoms with Crippen LogP contribution >= 0.6 is 0 Å². The minimum absolute atomic E-state index is 0.229. The highest BCUT2D eigenvalue weighted by molar-refractivity contribution is 5.73. The lowest BCUT2D eigenvalue weighted by atomic mass is 10.1. The van der Waals surface area contributed by atoms with Gasteiger partial charge in [0.2, 0.25) is 0 Å². The van der Waals surface area contributed by atoms with E-state index in [0.29, 0.717) is 0 Å². The molecule has 1 rings (SSSR count). The number of carboxylic acids is 1. The summed E-state index contributed by atoms with van der Waals surface area (Å²) in [5, 5.41) is 8.70. The van der Waals surface area contributed by atoms with E-state index in [-0.39, 0.29) is 6.42 Å². The van der Waals surface area contributed by atoms with Crippen LogP contribution in [0, 0.1) is 0 Å². The van der Waals surface area contributed by atoms with E-state index < -0.39 is 12.0 Å². The molecule has 0 aliphatic heterocycles. The van der Waals surface area contributed by atoms with Crippen molar-refractivity contribution in [2.75, 3.05) is 0 Å². The molecular formula is C9H11FN2O2. The molecule has 0 spiro atoms. The van der Waals surface area contributed by atoms with Gasteiger partial charge in [-0.1, -0.05) is 36.0 Å². The molecule has 0 saturated carbocycles. The molecule has 0 fully saturated rings. The molecule has 5 heteroatoms. The van der Waals surface area contributed by atoms with Crippen molar-refractivity contribution in [3.63, 3.8) is 0 Å². The van der Waals surface area contributed by atoms with Crippen molar-refractivity contribution in [3.05, 3.63) is 35.9 Å². The third kappa shape index (κ3) is 3.12. The maximum atomic E-state index is 11.7. The first-order valence-corrected chi connectivity index (χ1v) is 4.12. The zero-order chi connectivity index (χ0) is 10.4. The third-order valence-corrected chi connectivity index (χ3v) is 1.81. The van der Waals surface area contributed by atoms with Gasteiger partial charge in [-0.3, -0.25) is 4.79 Å². The molecule has 4 nitrogen and oxygen atoms in total. The molecule has 0 aliphatic rings. The molecule has 0 bridgehead atoms. The number of hydrogen-bond donors (Lipinski definition) is 3. The van der Waals surface area contributed by atoms with Crippen LogP contribution in [-0.2, 0) is 11.2 Å². The van der Waals surface area contributed by atoms with Crippen molar-refractivity contribution in [2.45, 2.75) is 12.5 Å². The lowest BCUT2D eigenvalue weighted by molar-refractivity contribution is -0.140. The Morgan fingerprint density at radius 3 is 2.57 bits per heavy atom. The number of aliphatic carboxylic acids is 1. The second-order valence-corrected chi connectivity index (χ2v) is 2.82. The SMILES string of the molecule is O=C(O)[C@H](Cc1ccccc1)NNF. The first-order chi connectivity index (χ1) is 6.74. The first-order valence-electron chi connectivity index (χ1n) is 4.12. The van der Waals surface area contributed by atoms with Crippen LogP contribution < -0.4 is 11.1 Å². The number of halogens is 1. The monoisotopic (exact) mass is 198 g/mol. The molecule has 0 heterocycles. The van der Waals surface area contributed by atoms with Gasteiger partial charge in [0.25, 0.3) is 0 Å². The molecule has 14 heavy (non-hydrogen) atoms. The quantitative estimate of drug-likeness (QED) is 0.480. The van der Waals surface area contributed by atoms with Crippen LogP contribution in [0.5, 0.6) is 0 Å². The van der Waals surface area contributed by atoms with Gasteiger partial charge in [-0.25, -0.2) is 5.43 Å². The smallest absolute Gasteiger partial charge is 0.322 e. The number of benzene rings is 1. The van der Waals surface area contributed by atoms with Crippen molar-refractivity contribution >= 4 is 5.97 Å². The minimum atomic E-state index is -1.10. The van der Waals surface area contributed by atoms with Crippen LogP contribution in [0.2, 0.25) is 0 Å². The zero-order valence-corrected chi connectivity index (χ0v) is 7.40. The molecule has 0 aliphatic carbocycles. The largest absolute Gasteiger partial charge is 0.480 e. The molecule has 0 radical (unpaired) electrons.